The highest BCUT2D eigenvalue weighted by Crippen LogP contribution is 2.05. The Bertz CT molecular complexity index is 314. The molecule has 1 aromatic heterocycles. The first kappa shape index (κ1) is 10.4. The molecule has 0 bridgehead atoms. The van der Waals surface area contributed by atoms with Gasteiger partial charge in [-0.15, -0.1) is 0 Å². The molecule has 14 heavy (non-hydrogen) atoms. The molecule has 0 aliphatic rings. The van der Waals surface area contributed by atoms with Crippen molar-refractivity contribution in [2.75, 3.05) is 25.5 Å². The van der Waals surface area contributed by atoms with Crippen molar-refractivity contribution in [3.05, 3.63) is 18.1 Å². The van der Waals surface area contributed by atoms with Crippen LogP contribution in [0.15, 0.2) is 12.4 Å². The average molecular weight is 195 g/mol. The molecule has 0 unspecified atom stereocenters. The van der Waals surface area contributed by atoms with E-state index in [1.807, 2.05) is 7.05 Å². The predicted molar refractivity (Wildman–Crippen MR) is 53.0 cm³/mol. The highest BCUT2D eigenvalue weighted by molar-refractivity contribution is 5.95. The Kier molecular flexibility index (Phi) is 3.81. The van der Waals surface area contributed by atoms with Gasteiger partial charge in [-0.1, -0.05) is 0 Å². The van der Waals surface area contributed by atoms with Crippen LogP contribution < -0.4 is 16.4 Å². The topological polar surface area (TPSA) is 92.9 Å². The number of hydrogen-bond donors (Lipinski definition) is 3. The number of hydrogen-bond acceptors (Lipinski definition) is 5. The quantitative estimate of drug-likeness (QED) is 0.535. The minimum absolute atomic E-state index is 0.170. The standard InChI is InChI=1S/C8H13N5O/c1-10-2-3-12-8-6(7(9)14)11-4-5-13-8/h4-5,10H,2-3H2,1H3,(H2,9,14)(H,12,13). The zero-order chi connectivity index (χ0) is 10.4. The van der Waals surface area contributed by atoms with Crippen molar-refractivity contribution in [3.63, 3.8) is 0 Å². The molecule has 4 N–H and O–H groups in total. The van der Waals surface area contributed by atoms with Crippen LogP contribution in [0.1, 0.15) is 10.5 Å². The lowest BCUT2D eigenvalue weighted by atomic mass is 10.4. The lowest BCUT2D eigenvalue weighted by Gasteiger charge is -2.06. The molecule has 6 nitrogen and oxygen atoms in total. The van der Waals surface area contributed by atoms with Crippen LogP contribution in [0.3, 0.4) is 0 Å². The van der Waals surface area contributed by atoms with Crippen molar-refractivity contribution in [1.29, 1.82) is 0 Å². The second-order valence-electron chi connectivity index (χ2n) is 2.65. The number of carbonyl (C=O) groups is 1. The molecule has 0 saturated carbocycles. The van der Waals surface area contributed by atoms with Gasteiger partial charge >= 0.3 is 0 Å². The van der Waals surface area contributed by atoms with Crippen LogP contribution >= 0.6 is 0 Å². The molecule has 0 spiro atoms. The lowest BCUT2D eigenvalue weighted by Crippen LogP contribution is -2.22. The third kappa shape index (κ3) is 2.67. The lowest BCUT2D eigenvalue weighted by molar-refractivity contribution is 0.0996. The molecule has 1 heterocycles. The number of nitrogens with one attached hydrogen (secondary N) is 2. The number of primary amides is 1. The summed E-state index contributed by atoms with van der Waals surface area (Å²) in [5.41, 5.74) is 5.29. The van der Waals surface area contributed by atoms with E-state index in [9.17, 15) is 4.79 Å². The van der Waals surface area contributed by atoms with E-state index in [0.29, 0.717) is 12.4 Å². The summed E-state index contributed by atoms with van der Waals surface area (Å²) in [7, 11) is 1.84. The first-order chi connectivity index (χ1) is 6.75. The summed E-state index contributed by atoms with van der Waals surface area (Å²) < 4.78 is 0. The molecule has 1 rings (SSSR count). The van der Waals surface area contributed by atoms with Gasteiger partial charge in [0.25, 0.3) is 5.91 Å². The van der Waals surface area contributed by atoms with Crippen LogP contribution in [0.2, 0.25) is 0 Å². The molecule has 0 fully saturated rings. The van der Waals surface area contributed by atoms with Crippen LogP contribution in [-0.4, -0.2) is 36.0 Å². The second kappa shape index (κ2) is 5.13. The van der Waals surface area contributed by atoms with Crippen LogP contribution in [-0.2, 0) is 0 Å². The largest absolute Gasteiger partial charge is 0.367 e. The van der Waals surface area contributed by atoms with Crippen molar-refractivity contribution >= 4 is 11.7 Å². The van der Waals surface area contributed by atoms with E-state index in [-0.39, 0.29) is 5.69 Å². The van der Waals surface area contributed by atoms with Crippen LogP contribution in [0.5, 0.6) is 0 Å². The number of anilines is 1. The van der Waals surface area contributed by atoms with E-state index in [1.165, 1.54) is 12.4 Å². The van der Waals surface area contributed by atoms with Gasteiger partial charge < -0.3 is 16.4 Å². The Balaban J connectivity index is 2.69. The number of rotatable bonds is 5. The molecule has 0 atom stereocenters. The molecule has 76 valence electrons. The van der Waals surface area contributed by atoms with Crippen molar-refractivity contribution < 1.29 is 4.79 Å². The van der Waals surface area contributed by atoms with Gasteiger partial charge in [0.05, 0.1) is 0 Å². The Morgan fingerprint density at radius 2 is 2.14 bits per heavy atom. The Morgan fingerprint density at radius 3 is 2.79 bits per heavy atom. The first-order valence-corrected chi connectivity index (χ1v) is 4.25. The van der Waals surface area contributed by atoms with Gasteiger partial charge in [-0.05, 0) is 7.05 Å². The van der Waals surface area contributed by atoms with Gasteiger partial charge in [0.2, 0.25) is 0 Å². The van der Waals surface area contributed by atoms with Crippen molar-refractivity contribution in [1.82, 2.24) is 15.3 Å². The molecule has 6 heteroatoms. The van der Waals surface area contributed by atoms with Gasteiger partial charge in [0.1, 0.15) is 0 Å². The van der Waals surface area contributed by atoms with Gasteiger partial charge in [0.15, 0.2) is 11.5 Å². The van der Waals surface area contributed by atoms with Crippen molar-refractivity contribution in [2.45, 2.75) is 0 Å². The molecule has 1 aromatic rings. The number of carbonyl (C=O) groups excluding carboxylic acids is 1. The molecular weight excluding hydrogens is 182 g/mol. The second-order valence-corrected chi connectivity index (χ2v) is 2.65. The average Bonchev–Trinajstić information content (AvgIpc) is 2.19. The normalized spacial score (nSPS) is 9.79. The van der Waals surface area contributed by atoms with Gasteiger partial charge in [-0.2, -0.15) is 0 Å². The van der Waals surface area contributed by atoms with Crippen LogP contribution in [0.4, 0.5) is 5.82 Å². The number of nitrogens with zero attached hydrogens (tertiary/aromatic N) is 2. The summed E-state index contributed by atoms with van der Waals surface area (Å²) in [6, 6.07) is 0. The fourth-order valence-corrected chi connectivity index (χ4v) is 0.954. The van der Waals surface area contributed by atoms with E-state index in [0.717, 1.165) is 6.54 Å². The number of likely N-dealkylation sites (N-methyl/N-ethyl adjacent to an activating group) is 1. The maximum absolute atomic E-state index is 10.9. The first-order valence-electron chi connectivity index (χ1n) is 4.25. The number of amides is 1. The Morgan fingerprint density at radius 1 is 1.43 bits per heavy atom. The maximum Gasteiger partial charge on any atom is 0.271 e. The van der Waals surface area contributed by atoms with E-state index in [2.05, 4.69) is 20.6 Å². The summed E-state index contributed by atoms with van der Waals surface area (Å²) in [6.07, 6.45) is 2.94. The van der Waals surface area contributed by atoms with Crippen molar-refractivity contribution in [2.24, 2.45) is 5.73 Å². The molecule has 0 aromatic carbocycles. The van der Waals surface area contributed by atoms with Crippen LogP contribution in [0, 0.1) is 0 Å². The van der Waals surface area contributed by atoms with Gasteiger partial charge in [-0.25, -0.2) is 9.97 Å². The fourth-order valence-electron chi connectivity index (χ4n) is 0.954. The summed E-state index contributed by atoms with van der Waals surface area (Å²) in [5, 5.41) is 5.92. The summed E-state index contributed by atoms with van der Waals surface area (Å²) in [5.74, 6) is -0.152. The molecule has 0 radical (unpaired) electrons. The smallest absolute Gasteiger partial charge is 0.271 e. The summed E-state index contributed by atoms with van der Waals surface area (Å²) >= 11 is 0. The third-order valence-corrected chi connectivity index (χ3v) is 1.60. The molecular formula is C8H13N5O. The number of aromatic nitrogens is 2. The zero-order valence-corrected chi connectivity index (χ0v) is 7.95. The molecule has 0 aliphatic heterocycles. The minimum Gasteiger partial charge on any atom is -0.367 e. The highest BCUT2D eigenvalue weighted by atomic mass is 16.1. The SMILES string of the molecule is CNCCNc1nccnc1C(N)=O. The molecule has 0 aliphatic carbocycles. The van der Waals surface area contributed by atoms with Gasteiger partial charge in [0, 0.05) is 25.5 Å². The van der Waals surface area contributed by atoms with Crippen LogP contribution in [0.25, 0.3) is 0 Å². The minimum atomic E-state index is -0.579. The Labute approximate surface area is 81.9 Å². The predicted octanol–water partition coefficient (Wildman–Crippen LogP) is -0.793. The molecule has 0 saturated heterocycles. The van der Waals surface area contributed by atoms with E-state index in [1.54, 1.807) is 0 Å². The third-order valence-electron chi connectivity index (χ3n) is 1.60. The van der Waals surface area contributed by atoms with Crippen molar-refractivity contribution in [3.8, 4) is 0 Å². The maximum atomic E-state index is 10.9. The summed E-state index contributed by atoms with van der Waals surface area (Å²) in [4.78, 5) is 18.7. The Hall–Kier alpha value is -1.69. The van der Waals surface area contributed by atoms with Gasteiger partial charge in [-0.3, -0.25) is 4.79 Å². The highest BCUT2D eigenvalue weighted by Gasteiger charge is 2.09. The van der Waals surface area contributed by atoms with E-state index < -0.39 is 5.91 Å². The van der Waals surface area contributed by atoms with E-state index in [4.69, 9.17) is 5.73 Å². The summed E-state index contributed by atoms with van der Waals surface area (Å²) in [6.45, 7) is 1.43. The van der Waals surface area contributed by atoms with E-state index >= 15 is 0 Å². The molecule has 1 amide bonds. The fraction of sp³-hybridized carbons (Fsp3) is 0.375. The monoisotopic (exact) mass is 195 g/mol. The number of nitrogens with two attached hydrogens (primary N) is 1. The zero-order valence-electron chi connectivity index (χ0n) is 7.95.